The molecule has 0 unspecified atom stereocenters. The molecule has 1 N–H and O–H groups in total. The molecule has 46 heavy (non-hydrogen) atoms. The van der Waals surface area contributed by atoms with E-state index in [2.05, 4.69) is 5.32 Å². The predicted molar refractivity (Wildman–Crippen MR) is 186 cm³/mol. The summed E-state index contributed by atoms with van der Waals surface area (Å²) in [4.78, 5) is 29.9. The number of sulfonamides is 1. The number of aryl methyl sites for hydroxylation is 1. The highest BCUT2D eigenvalue weighted by Gasteiger charge is 2.36. The van der Waals surface area contributed by atoms with Gasteiger partial charge in [0, 0.05) is 28.5 Å². The van der Waals surface area contributed by atoms with Crippen LogP contribution in [0.5, 0.6) is 0 Å². The van der Waals surface area contributed by atoms with Crippen molar-refractivity contribution in [1.29, 1.82) is 0 Å². The minimum Gasteiger partial charge on any atom is -0.350 e. The summed E-state index contributed by atoms with van der Waals surface area (Å²) in [6.07, 6.45) is 0.168. The lowest BCUT2D eigenvalue weighted by molar-refractivity contribution is -0.140. The Hall–Kier alpha value is -3.56. The number of carbonyl (C=O) groups excluding carboxylic acids is 2. The third-order valence-corrected chi connectivity index (χ3v) is 9.83. The summed E-state index contributed by atoms with van der Waals surface area (Å²) in [6, 6.07) is 26.0. The molecule has 4 rings (SSSR count). The summed E-state index contributed by atoms with van der Waals surface area (Å²) in [5.74, 6) is -1.04. The fourth-order valence-electron chi connectivity index (χ4n) is 4.84. The van der Waals surface area contributed by atoms with E-state index >= 15 is 0 Å². The van der Waals surface area contributed by atoms with Crippen LogP contribution in [0.25, 0.3) is 0 Å². The lowest BCUT2D eigenvalue weighted by Crippen LogP contribution is -2.56. The molecule has 0 aliphatic heterocycles. The van der Waals surface area contributed by atoms with Crippen molar-refractivity contribution < 1.29 is 18.0 Å². The van der Waals surface area contributed by atoms with Gasteiger partial charge < -0.3 is 10.2 Å². The highest BCUT2D eigenvalue weighted by atomic mass is 35.5. The van der Waals surface area contributed by atoms with Crippen LogP contribution >= 0.6 is 34.8 Å². The van der Waals surface area contributed by atoms with Gasteiger partial charge in [0.1, 0.15) is 12.6 Å². The zero-order valence-corrected chi connectivity index (χ0v) is 29.1. The van der Waals surface area contributed by atoms with Crippen LogP contribution in [0.2, 0.25) is 15.1 Å². The zero-order chi connectivity index (χ0) is 33.6. The van der Waals surface area contributed by atoms with Gasteiger partial charge in [-0.1, -0.05) is 101 Å². The molecule has 0 saturated heterocycles. The second kappa shape index (κ2) is 14.9. The molecule has 4 aromatic rings. The Balaban J connectivity index is 1.86. The predicted octanol–water partition coefficient (Wildman–Crippen LogP) is 7.71. The first kappa shape index (κ1) is 35.3. The molecule has 2 amide bonds. The topological polar surface area (TPSA) is 86.8 Å². The SMILES string of the molecule is Cc1ccc(S(=O)(=O)N(CC(=O)N(Cc2ccccc2Cl)[C@@H](Cc2ccccc2)C(=O)NC(C)(C)C)c2cc(Cl)ccc2Cl)cc1. The van der Waals surface area contributed by atoms with E-state index in [1.165, 1.54) is 35.2 Å². The van der Waals surface area contributed by atoms with Gasteiger partial charge in [0.05, 0.1) is 15.6 Å². The van der Waals surface area contributed by atoms with Crippen molar-refractivity contribution >= 4 is 62.3 Å². The Morgan fingerprint density at radius 2 is 1.46 bits per heavy atom. The Bertz CT molecular complexity index is 1790. The van der Waals surface area contributed by atoms with Crippen LogP contribution in [0.4, 0.5) is 5.69 Å². The molecule has 0 radical (unpaired) electrons. The van der Waals surface area contributed by atoms with Crippen LogP contribution in [0.3, 0.4) is 0 Å². The highest BCUT2D eigenvalue weighted by Crippen LogP contribution is 2.33. The fraction of sp³-hybridized carbons (Fsp3) is 0.257. The summed E-state index contributed by atoms with van der Waals surface area (Å²) >= 11 is 19.4. The molecule has 11 heteroatoms. The minimum atomic E-state index is -4.34. The van der Waals surface area contributed by atoms with Crippen molar-refractivity contribution in [3.63, 3.8) is 0 Å². The molecule has 0 bridgehead atoms. The summed E-state index contributed by atoms with van der Waals surface area (Å²) in [5.41, 5.74) is 1.69. The van der Waals surface area contributed by atoms with Crippen molar-refractivity contribution in [3.8, 4) is 0 Å². The first-order chi connectivity index (χ1) is 21.7. The number of nitrogens with zero attached hydrogens (tertiary/aromatic N) is 2. The number of nitrogens with one attached hydrogen (secondary N) is 1. The van der Waals surface area contributed by atoms with Crippen molar-refractivity contribution in [2.75, 3.05) is 10.8 Å². The van der Waals surface area contributed by atoms with Gasteiger partial charge in [0.2, 0.25) is 11.8 Å². The first-order valence-corrected chi connectivity index (χ1v) is 17.2. The largest absolute Gasteiger partial charge is 0.350 e. The average Bonchev–Trinajstić information content (AvgIpc) is 2.99. The molecule has 0 aliphatic carbocycles. The van der Waals surface area contributed by atoms with Gasteiger partial charge in [-0.2, -0.15) is 0 Å². The van der Waals surface area contributed by atoms with Crippen LogP contribution in [-0.4, -0.2) is 43.3 Å². The first-order valence-electron chi connectivity index (χ1n) is 14.6. The molecular weight excluding hydrogens is 665 g/mol. The number of hydrogen-bond acceptors (Lipinski definition) is 4. The van der Waals surface area contributed by atoms with Crippen LogP contribution in [0.15, 0.2) is 102 Å². The lowest BCUT2D eigenvalue weighted by Gasteiger charge is -2.35. The molecule has 0 saturated carbocycles. The van der Waals surface area contributed by atoms with E-state index in [0.717, 1.165) is 15.4 Å². The number of carbonyl (C=O) groups is 2. The van der Waals surface area contributed by atoms with Gasteiger partial charge >= 0.3 is 0 Å². The van der Waals surface area contributed by atoms with E-state index in [0.29, 0.717) is 10.6 Å². The second-order valence-electron chi connectivity index (χ2n) is 12.0. The number of amides is 2. The minimum absolute atomic E-state index is 0.0273. The molecule has 4 aromatic carbocycles. The Morgan fingerprint density at radius 1 is 0.826 bits per heavy atom. The van der Waals surface area contributed by atoms with E-state index in [1.807, 2.05) is 58.0 Å². The van der Waals surface area contributed by atoms with Crippen LogP contribution < -0.4 is 9.62 Å². The smallest absolute Gasteiger partial charge is 0.264 e. The van der Waals surface area contributed by atoms with E-state index in [9.17, 15) is 18.0 Å². The Kier molecular flexibility index (Phi) is 11.4. The van der Waals surface area contributed by atoms with Crippen LogP contribution in [-0.2, 0) is 32.6 Å². The molecule has 1 atom stereocenters. The van der Waals surface area contributed by atoms with E-state index < -0.39 is 40.0 Å². The van der Waals surface area contributed by atoms with Gasteiger partial charge in [0.15, 0.2) is 0 Å². The van der Waals surface area contributed by atoms with Crippen LogP contribution in [0.1, 0.15) is 37.5 Å². The van der Waals surface area contributed by atoms with Crippen LogP contribution in [0, 0.1) is 6.92 Å². The fourth-order valence-corrected chi connectivity index (χ4v) is 6.90. The van der Waals surface area contributed by atoms with Gasteiger partial charge in [-0.15, -0.1) is 0 Å². The van der Waals surface area contributed by atoms with Gasteiger partial charge in [-0.25, -0.2) is 8.42 Å². The van der Waals surface area contributed by atoms with Crippen molar-refractivity contribution in [2.24, 2.45) is 0 Å². The molecule has 0 heterocycles. The Morgan fingerprint density at radius 3 is 2.09 bits per heavy atom. The molecule has 0 aromatic heterocycles. The lowest BCUT2D eigenvalue weighted by atomic mass is 10.0. The number of benzene rings is 4. The van der Waals surface area contributed by atoms with E-state index in [-0.39, 0.29) is 33.6 Å². The number of halogens is 3. The zero-order valence-electron chi connectivity index (χ0n) is 26.0. The van der Waals surface area contributed by atoms with E-state index in [1.54, 1.807) is 36.4 Å². The van der Waals surface area contributed by atoms with Crippen molar-refractivity contribution in [1.82, 2.24) is 10.2 Å². The number of hydrogen-bond donors (Lipinski definition) is 1. The number of anilines is 1. The molecule has 0 fully saturated rings. The maximum Gasteiger partial charge on any atom is 0.264 e. The van der Waals surface area contributed by atoms with Gasteiger partial charge in [-0.3, -0.25) is 13.9 Å². The van der Waals surface area contributed by atoms with Crippen molar-refractivity contribution in [2.45, 2.75) is 57.1 Å². The summed E-state index contributed by atoms with van der Waals surface area (Å²) in [5, 5.41) is 3.71. The average molecular weight is 701 g/mol. The molecule has 7 nitrogen and oxygen atoms in total. The molecular formula is C35H36Cl3N3O4S. The standard InChI is InChI=1S/C35H36Cl3N3O4S/c1-24-14-17-28(18-15-24)46(44,45)41(31-21-27(36)16-19-30(31)38)23-33(42)40(22-26-12-8-9-13-29(26)37)32(34(43)39-35(2,3)4)20-25-10-6-5-7-11-25/h5-19,21,32H,20,22-23H2,1-4H3,(H,39,43)/t32-/m0/s1. The van der Waals surface area contributed by atoms with Crippen molar-refractivity contribution in [3.05, 3.63) is 129 Å². The summed E-state index contributed by atoms with van der Waals surface area (Å²) in [6.45, 7) is 6.66. The van der Waals surface area contributed by atoms with Gasteiger partial charge in [-0.05, 0) is 75.2 Å². The quantitative estimate of drug-likeness (QED) is 0.174. The second-order valence-corrected chi connectivity index (χ2v) is 15.1. The van der Waals surface area contributed by atoms with Gasteiger partial charge in [0.25, 0.3) is 10.0 Å². The monoisotopic (exact) mass is 699 g/mol. The van der Waals surface area contributed by atoms with E-state index in [4.69, 9.17) is 34.8 Å². The summed E-state index contributed by atoms with van der Waals surface area (Å²) in [7, 11) is -4.34. The maximum atomic E-state index is 14.6. The number of rotatable bonds is 11. The highest BCUT2D eigenvalue weighted by molar-refractivity contribution is 7.92. The molecule has 0 aliphatic rings. The molecule has 0 spiro atoms. The normalized spacial score (nSPS) is 12.3. The third kappa shape index (κ3) is 9.04. The summed E-state index contributed by atoms with van der Waals surface area (Å²) < 4.78 is 29.4. The third-order valence-electron chi connectivity index (χ3n) is 7.13. The molecule has 242 valence electrons. The maximum absolute atomic E-state index is 14.6. The Labute approximate surface area is 286 Å².